The first-order valence-corrected chi connectivity index (χ1v) is 13.5. The molecule has 1 heterocycles. The van der Waals surface area contributed by atoms with Crippen molar-refractivity contribution in [2.75, 3.05) is 19.0 Å². The number of amides is 3. The second-order valence-electron chi connectivity index (χ2n) is 10.9. The lowest BCUT2D eigenvalue weighted by molar-refractivity contribution is -0.162. The van der Waals surface area contributed by atoms with Crippen molar-refractivity contribution < 1.29 is 28.7 Å². The van der Waals surface area contributed by atoms with Crippen molar-refractivity contribution in [2.45, 2.75) is 31.7 Å². The van der Waals surface area contributed by atoms with Crippen molar-refractivity contribution in [3.05, 3.63) is 95.1 Å². The van der Waals surface area contributed by atoms with Gasteiger partial charge < -0.3 is 14.8 Å². The molecule has 8 nitrogen and oxygen atoms in total. The maximum Gasteiger partial charge on any atom is 0.330 e. The Morgan fingerprint density at radius 1 is 0.800 bits per heavy atom. The van der Waals surface area contributed by atoms with Crippen LogP contribution in [0.25, 0.3) is 0 Å². The van der Waals surface area contributed by atoms with Crippen LogP contribution in [0.3, 0.4) is 0 Å². The van der Waals surface area contributed by atoms with Gasteiger partial charge in [-0.15, -0.1) is 0 Å². The van der Waals surface area contributed by atoms with Gasteiger partial charge in [-0.05, 0) is 52.4 Å². The number of esters is 1. The van der Waals surface area contributed by atoms with Gasteiger partial charge in [0, 0.05) is 17.5 Å². The van der Waals surface area contributed by atoms with Gasteiger partial charge in [-0.2, -0.15) is 0 Å². The number of nitrogens with zero attached hydrogens (tertiary/aromatic N) is 1. The molecule has 3 aromatic rings. The minimum Gasteiger partial charge on any atom is -0.497 e. The van der Waals surface area contributed by atoms with E-state index in [9.17, 15) is 19.2 Å². The van der Waals surface area contributed by atoms with Crippen LogP contribution < -0.4 is 10.1 Å². The summed E-state index contributed by atoms with van der Waals surface area (Å²) < 4.78 is 10.5. The summed E-state index contributed by atoms with van der Waals surface area (Å²) in [6, 6.07) is 21.6. The van der Waals surface area contributed by atoms with E-state index in [1.54, 1.807) is 45.2 Å². The number of hydrogen-bond donors (Lipinski definition) is 1. The third-order valence-electron chi connectivity index (χ3n) is 8.35. The lowest BCUT2D eigenvalue weighted by Gasteiger charge is -2.45. The van der Waals surface area contributed by atoms with Crippen molar-refractivity contribution in [2.24, 2.45) is 17.8 Å². The van der Waals surface area contributed by atoms with Crippen LogP contribution in [-0.2, 0) is 23.9 Å². The highest BCUT2D eigenvalue weighted by Crippen LogP contribution is 2.61. The fourth-order valence-electron chi connectivity index (χ4n) is 6.74. The van der Waals surface area contributed by atoms with E-state index < -0.39 is 42.3 Å². The molecule has 40 heavy (non-hydrogen) atoms. The van der Waals surface area contributed by atoms with Gasteiger partial charge in [0.15, 0.2) is 6.61 Å². The highest BCUT2D eigenvalue weighted by atomic mass is 16.5. The SMILES string of the molecule is COc1ccc(NC(=O)COC(=O)[C@H](C(C)C)N2C(=O)[C@@H]3C4c5ccccc5C(c5ccccc54)[C@H]3C2=O)cc1. The summed E-state index contributed by atoms with van der Waals surface area (Å²) in [7, 11) is 1.55. The number of likely N-dealkylation sites (tertiary alicyclic amines) is 1. The Balaban J connectivity index is 1.24. The maximum atomic E-state index is 14.0. The molecule has 3 aliphatic carbocycles. The maximum absolute atomic E-state index is 14.0. The summed E-state index contributed by atoms with van der Waals surface area (Å²) in [5.41, 5.74) is 4.78. The molecule has 0 unspecified atom stereocenters. The zero-order valence-electron chi connectivity index (χ0n) is 22.5. The van der Waals surface area contributed by atoms with Gasteiger partial charge >= 0.3 is 5.97 Å². The molecule has 7 rings (SSSR count). The minimum atomic E-state index is -1.13. The van der Waals surface area contributed by atoms with Gasteiger partial charge in [0.2, 0.25) is 11.8 Å². The number of imide groups is 1. The smallest absolute Gasteiger partial charge is 0.330 e. The Morgan fingerprint density at radius 2 is 1.27 bits per heavy atom. The van der Waals surface area contributed by atoms with Crippen LogP contribution in [0.2, 0.25) is 0 Å². The lowest BCUT2D eigenvalue weighted by atomic mass is 9.55. The molecule has 3 atom stereocenters. The number of hydrogen-bond acceptors (Lipinski definition) is 6. The number of anilines is 1. The average Bonchev–Trinajstić information content (AvgIpc) is 3.22. The van der Waals surface area contributed by atoms with Crippen LogP contribution in [0.1, 0.15) is 47.9 Å². The number of carbonyl (C=O) groups is 4. The van der Waals surface area contributed by atoms with Crippen LogP contribution in [0.5, 0.6) is 5.75 Å². The predicted octanol–water partition coefficient (Wildman–Crippen LogP) is 4.09. The lowest BCUT2D eigenvalue weighted by Crippen LogP contribution is -2.49. The number of rotatable bonds is 7. The van der Waals surface area contributed by atoms with E-state index in [0.717, 1.165) is 27.2 Å². The van der Waals surface area contributed by atoms with Crippen molar-refractivity contribution >= 4 is 29.4 Å². The third-order valence-corrected chi connectivity index (χ3v) is 8.35. The Hall–Kier alpha value is -4.46. The quantitative estimate of drug-likeness (QED) is 0.359. The molecule has 0 radical (unpaired) electrons. The van der Waals surface area contributed by atoms with Crippen LogP contribution in [0, 0.1) is 17.8 Å². The number of methoxy groups -OCH3 is 1. The molecule has 0 saturated carbocycles. The Morgan fingerprint density at radius 3 is 1.70 bits per heavy atom. The van der Waals surface area contributed by atoms with Gasteiger partial charge in [0.1, 0.15) is 11.8 Å². The Labute approximate surface area is 232 Å². The summed E-state index contributed by atoms with van der Waals surface area (Å²) in [5.74, 6) is -3.48. The first-order valence-electron chi connectivity index (χ1n) is 13.5. The molecule has 2 bridgehead atoms. The fourth-order valence-corrected chi connectivity index (χ4v) is 6.74. The van der Waals surface area contributed by atoms with Crippen LogP contribution >= 0.6 is 0 Å². The normalized spacial score (nSPS) is 22.9. The second kappa shape index (κ2) is 9.93. The molecule has 3 aromatic carbocycles. The molecule has 0 aromatic heterocycles. The fraction of sp³-hybridized carbons (Fsp3) is 0.312. The van der Waals surface area contributed by atoms with E-state index in [-0.39, 0.29) is 23.7 Å². The van der Waals surface area contributed by atoms with E-state index in [0.29, 0.717) is 11.4 Å². The molecule has 4 aliphatic rings. The minimum absolute atomic E-state index is 0.261. The number of nitrogens with one attached hydrogen (secondary N) is 1. The standard InChI is InChI=1S/C32H30N2O6/c1-17(2)29(32(38)40-16-24(35)33-18-12-14-19(39-3)15-13-18)34-30(36)27-25-20-8-4-5-9-21(20)26(28(27)31(34)37)23-11-7-6-10-22(23)25/h4-15,17,25-29H,16H2,1-3H3,(H,33,35)/t25?,26?,27-,28-,29+/m1/s1. The summed E-state index contributed by atoms with van der Waals surface area (Å²) >= 11 is 0. The summed E-state index contributed by atoms with van der Waals surface area (Å²) in [4.78, 5) is 55.1. The van der Waals surface area contributed by atoms with E-state index in [2.05, 4.69) is 5.32 Å². The van der Waals surface area contributed by atoms with Crippen molar-refractivity contribution in [1.82, 2.24) is 4.90 Å². The largest absolute Gasteiger partial charge is 0.497 e. The Kier molecular flexibility index (Phi) is 6.41. The van der Waals surface area contributed by atoms with Gasteiger partial charge in [0.05, 0.1) is 18.9 Å². The van der Waals surface area contributed by atoms with Crippen LogP contribution in [0.4, 0.5) is 5.69 Å². The second-order valence-corrected chi connectivity index (χ2v) is 10.9. The zero-order valence-corrected chi connectivity index (χ0v) is 22.5. The van der Waals surface area contributed by atoms with Crippen LogP contribution in [-0.4, -0.2) is 48.3 Å². The molecule has 1 saturated heterocycles. The molecular formula is C32H30N2O6. The molecule has 1 fully saturated rings. The summed E-state index contributed by atoms with van der Waals surface area (Å²) in [5, 5.41) is 2.67. The first-order chi connectivity index (χ1) is 19.3. The molecule has 1 aliphatic heterocycles. The van der Waals surface area contributed by atoms with E-state index >= 15 is 0 Å². The molecule has 0 spiro atoms. The van der Waals surface area contributed by atoms with Gasteiger partial charge in [-0.25, -0.2) is 4.79 Å². The Bertz CT molecular complexity index is 1400. The van der Waals surface area contributed by atoms with Crippen molar-refractivity contribution in [3.63, 3.8) is 0 Å². The van der Waals surface area contributed by atoms with Crippen LogP contribution in [0.15, 0.2) is 72.8 Å². The first kappa shape index (κ1) is 25.8. The van der Waals surface area contributed by atoms with E-state index in [4.69, 9.17) is 9.47 Å². The van der Waals surface area contributed by atoms with Gasteiger partial charge in [-0.3, -0.25) is 19.3 Å². The monoisotopic (exact) mass is 538 g/mol. The summed E-state index contributed by atoms with van der Waals surface area (Å²) in [6.45, 7) is 2.99. The summed E-state index contributed by atoms with van der Waals surface area (Å²) in [6.07, 6.45) is 0. The topological polar surface area (TPSA) is 102 Å². The van der Waals surface area contributed by atoms with Gasteiger partial charge in [-0.1, -0.05) is 62.4 Å². The van der Waals surface area contributed by atoms with E-state index in [1.165, 1.54) is 0 Å². The number of carbonyl (C=O) groups excluding carboxylic acids is 4. The third kappa shape index (κ3) is 3.97. The van der Waals surface area contributed by atoms with Gasteiger partial charge in [0.25, 0.3) is 5.91 Å². The van der Waals surface area contributed by atoms with Crippen molar-refractivity contribution in [3.8, 4) is 5.75 Å². The predicted molar refractivity (Wildman–Crippen MR) is 147 cm³/mol. The van der Waals surface area contributed by atoms with E-state index in [1.807, 2.05) is 48.5 Å². The molecular weight excluding hydrogens is 508 g/mol. The number of benzene rings is 3. The van der Waals surface area contributed by atoms with Crippen molar-refractivity contribution in [1.29, 1.82) is 0 Å². The molecule has 204 valence electrons. The zero-order chi connectivity index (χ0) is 28.1. The highest BCUT2D eigenvalue weighted by molar-refractivity contribution is 6.10. The highest BCUT2D eigenvalue weighted by Gasteiger charge is 2.63. The average molecular weight is 539 g/mol. The molecule has 1 N–H and O–H groups in total. The molecule has 8 heteroatoms. The number of ether oxygens (including phenoxy) is 2. The molecule has 3 amide bonds.